The summed E-state index contributed by atoms with van der Waals surface area (Å²) in [6.45, 7) is 5.89. The van der Waals surface area contributed by atoms with Gasteiger partial charge in [-0.05, 0) is 50.8 Å². The molecule has 0 aliphatic carbocycles. The zero-order valence-electron chi connectivity index (χ0n) is 14.1. The minimum absolute atomic E-state index is 0.133. The minimum atomic E-state index is -0.927. The van der Waals surface area contributed by atoms with Crippen molar-refractivity contribution in [3.05, 3.63) is 70.8 Å². The zero-order valence-corrected chi connectivity index (χ0v) is 14.1. The summed E-state index contributed by atoms with van der Waals surface area (Å²) in [4.78, 5) is 12.3. The number of carbonyl (C=O) groups is 1. The molecule has 23 heavy (non-hydrogen) atoms. The van der Waals surface area contributed by atoms with Gasteiger partial charge < -0.3 is 10.4 Å². The van der Waals surface area contributed by atoms with Crippen molar-refractivity contribution in [2.24, 2.45) is 0 Å². The van der Waals surface area contributed by atoms with Crippen molar-refractivity contribution in [2.45, 2.75) is 39.2 Å². The summed E-state index contributed by atoms with van der Waals surface area (Å²) in [5, 5.41) is 13.3. The highest BCUT2D eigenvalue weighted by Crippen LogP contribution is 2.15. The molecule has 3 heteroatoms. The maximum atomic E-state index is 12.3. The van der Waals surface area contributed by atoms with Crippen LogP contribution in [0.2, 0.25) is 0 Å². The second kappa shape index (κ2) is 7.42. The van der Waals surface area contributed by atoms with Gasteiger partial charge in [0.15, 0.2) is 0 Å². The van der Waals surface area contributed by atoms with E-state index < -0.39 is 5.60 Å². The second-order valence-electron chi connectivity index (χ2n) is 6.48. The van der Waals surface area contributed by atoms with Crippen LogP contribution in [0, 0.1) is 13.8 Å². The predicted molar refractivity (Wildman–Crippen MR) is 93.6 cm³/mol. The molecule has 0 saturated carbocycles. The lowest BCUT2D eigenvalue weighted by Gasteiger charge is -2.24. The number of amides is 1. The number of hydrogen-bond donors (Lipinski definition) is 2. The Labute approximate surface area is 138 Å². The van der Waals surface area contributed by atoms with E-state index in [0.29, 0.717) is 12.0 Å². The average molecular weight is 311 g/mol. The maximum absolute atomic E-state index is 12.3. The first-order chi connectivity index (χ1) is 10.9. The monoisotopic (exact) mass is 311 g/mol. The van der Waals surface area contributed by atoms with Gasteiger partial charge in [0.1, 0.15) is 0 Å². The van der Waals surface area contributed by atoms with Crippen LogP contribution in [-0.2, 0) is 6.42 Å². The Morgan fingerprint density at radius 1 is 1.13 bits per heavy atom. The Morgan fingerprint density at radius 2 is 1.83 bits per heavy atom. The minimum Gasteiger partial charge on any atom is -0.388 e. The van der Waals surface area contributed by atoms with Gasteiger partial charge in [0.05, 0.1) is 5.60 Å². The molecular formula is C20H25NO2. The number of rotatable bonds is 6. The molecule has 0 aliphatic rings. The summed E-state index contributed by atoms with van der Waals surface area (Å²) in [6.07, 6.45) is 1.39. The molecule has 1 atom stereocenters. The van der Waals surface area contributed by atoms with Gasteiger partial charge in [0, 0.05) is 12.1 Å². The molecule has 0 spiro atoms. The summed E-state index contributed by atoms with van der Waals surface area (Å²) < 4.78 is 0. The Balaban J connectivity index is 1.90. The van der Waals surface area contributed by atoms with Crippen molar-refractivity contribution < 1.29 is 9.90 Å². The fraction of sp³-hybridized carbons (Fsp3) is 0.350. The summed E-state index contributed by atoms with van der Waals surface area (Å²) in [6, 6.07) is 15.9. The molecule has 1 unspecified atom stereocenters. The topological polar surface area (TPSA) is 49.3 Å². The van der Waals surface area contributed by atoms with Gasteiger partial charge in [0.25, 0.3) is 5.91 Å². The molecule has 122 valence electrons. The summed E-state index contributed by atoms with van der Waals surface area (Å²) in [5.41, 5.74) is 2.93. The average Bonchev–Trinajstić information content (AvgIpc) is 2.54. The van der Waals surface area contributed by atoms with Gasteiger partial charge in [0.2, 0.25) is 0 Å². The lowest BCUT2D eigenvalue weighted by Crippen LogP contribution is -2.41. The Bertz CT molecular complexity index is 663. The van der Waals surface area contributed by atoms with Gasteiger partial charge in [-0.25, -0.2) is 0 Å². The first kappa shape index (κ1) is 17.2. The van der Waals surface area contributed by atoms with E-state index in [0.717, 1.165) is 17.5 Å². The van der Waals surface area contributed by atoms with Crippen molar-refractivity contribution in [2.75, 3.05) is 6.54 Å². The maximum Gasteiger partial charge on any atom is 0.251 e. The Hall–Kier alpha value is -2.13. The van der Waals surface area contributed by atoms with Gasteiger partial charge in [-0.15, -0.1) is 0 Å². The standard InChI is InChI=1S/C20H25NO2/c1-15-9-10-16(2)18(13-15)19(22)21-14-20(3,23)12-11-17-7-5-4-6-8-17/h4-10,13,23H,11-12,14H2,1-3H3,(H,21,22). The molecule has 0 fully saturated rings. The lowest BCUT2D eigenvalue weighted by molar-refractivity contribution is 0.0478. The highest BCUT2D eigenvalue weighted by Gasteiger charge is 2.21. The van der Waals surface area contributed by atoms with E-state index >= 15 is 0 Å². The molecule has 2 N–H and O–H groups in total. The van der Waals surface area contributed by atoms with Crippen LogP contribution in [0.1, 0.15) is 40.4 Å². The fourth-order valence-electron chi connectivity index (χ4n) is 2.49. The van der Waals surface area contributed by atoms with E-state index in [2.05, 4.69) is 5.32 Å². The van der Waals surface area contributed by atoms with Crippen LogP contribution in [0.3, 0.4) is 0 Å². The number of benzene rings is 2. The molecule has 3 nitrogen and oxygen atoms in total. The van der Waals surface area contributed by atoms with Gasteiger partial charge in [-0.1, -0.05) is 48.0 Å². The first-order valence-corrected chi connectivity index (χ1v) is 7.99. The molecule has 0 radical (unpaired) electrons. The van der Waals surface area contributed by atoms with Crippen LogP contribution >= 0.6 is 0 Å². The molecule has 2 aromatic rings. The number of carbonyl (C=O) groups excluding carboxylic acids is 1. The molecule has 2 aromatic carbocycles. The molecule has 0 aliphatic heterocycles. The first-order valence-electron chi connectivity index (χ1n) is 7.99. The summed E-state index contributed by atoms with van der Waals surface area (Å²) >= 11 is 0. The van der Waals surface area contributed by atoms with E-state index in [-0.39, 0.29) is 12.5 Å². The summed E-state index contributed by atoms with van der Waals surface area (Å²) in [5.74, 6) is -0.133. The number of nitrogens with one attached hydrogen (secondary N) is 1. The molecule has 0 heterocycles. The van der Waals surface area contributed by atoms with E-state index in [1.165, 1.54) is 5.56 Å². The number of aryl methyl sites for hydroxylation is 3. The number of aliphatic hydroxyl groups is 1. The van der Waals surface area contributed by atoms with Crippen LogP contribution in [0.15, 0.2) is 48.5 Å². The van der Waals surface area contributed by atoms with Crippen molar-refractivity contribution in [3.8, 4) is 0 Å². The zero-order chi connectivity index (χ0) is 16.9. The normalized spacial score (nSPS) is 13.4. The van der Waals surface area contributed by atoms with Gasteiger partial charge in [-0.2, -0.15) is 0 Å². The molecule has 2 rings (SSSR count). The van der Waals surface area contributed by atoms with Crippen molar-refractivity contribution in [1.82, 2.24) is 5.32 Å². The summed E-state index contributed by atoms with van der Waals surface area (Å²) in [7, 11) is 0. The second-order valence-corrected chi connectivity index (χ2v) is 6.48. The highest BCUT2D eigenvalue weighted by molar-refractivity contribution is 5.95. The van der Waals surface area contributed by atoms with E-state index in [1.807, 2.05) is 62.4 Å². The van der Waals surface area contributed by atoms with Gasteiger partial charge in [-0.3, -0.25) is 4.79 Å². The van der Waals surface area contributed by atoms with Crippen LogP contribution in [0.4, 0.5) is 0 Å². The Morgan fingerprint density at radius 3 is 2.52 bits per heavy atom. The molecule has 0 bridgehead atoms. The van der Waals surface area contributed by atoms with Crippen LogP contribution in [-0.4, -0.2) is 23.2 Å². The third-order valence-corrected chi connectivity index (χ3v) is 4.06. The molecule has 0 aromatic heterocycles. The van der Waals surface area contributed by atoms with Crippen molar-refractivity contribution in [3.63, 3.8) is 0 Å². The van der Waals surface area contributed by atoms with Gasteiger partial charge >= 0.3 is 0 Å². The van der Waals surface area contributed by atoms with Crippen molar-refractivity contribution in [1.29, 1.82) is 0 Å². The largest absolute Gasteiger partial charge is 0.388 e. The molecule has 1 amide bonds. The fourth-order valence-corrected chi connectivity index (χ4v) is 2.49. The smallest absolute Gasteiger partial charge is 0.251 e. The van der Waals surface area contributed by atoms with Crippen molar-refractivity contribution >= 4 is 5.91 Å². The lowest BCUT2D eigenvalue weighted by atomic mass is 9.96. The van der Waals surface area contributed by atoms with E-state index in [9.17, 15) is 9.90 Å². The third kappa shape index (κ3) is 5.22. The molecule has 0 saturated heterocycles. The van der Waals surface area contributed by atoms with E-state index in [1.54, 1.807) is 6.92 Å². The number of hydrogen-bond acceptors (Lipinski definition) is 2. The van der Waals surface area contributed by atoms with Crippen LogP contribution in [0.25, 0.3) is 0 Å². The van der Waals surface area contributed by atoms with Crippen LogP contribution < -0.4 is 5.32 Å². The third-order valence-electron chi connectivity index (χ3n) is 4.06. The predicted octanol–water partition coefficient (Wildman–Crippen LogP) is 3.42. The SMILES string of the molecule is Cc1ccc(C)c(C(=O)NCC(C)(O)CCc2ccccc2)c1. The Kier molecular flexibility index (Phi) is 5.56. The quantitative estimate of drug-likeness (QED) is 0.859. The molecular weight excluding hydrogens is 286 g/mol. The van der Waals surface area contributed by atoms with Crippen LogP contribution in [0.5, 0.6) is 0 Å². The van der Waals surface area contributed by atoms with E-state index in [4.69, 9.17) is 0 Å². The highest BCUT2D eigenvalue weighted by atomic mass is 16.3.